The van der Waals surface area contributed by atoms with Crippen LogP contribution in [0.3, 0.4) is 0 Å². The molecule has 1 heterocycles. The summed E-state index contributed by atoms with van der Waals surface area (Å²) in [4.78, 5) is 36.8. The molecular weight excluding hydrogens is 400 g/mol. The third-order valence-corrected chi connectivity index (χ3v) is 6.59. The van der Waals surface area contributed by atoms with Crippen LogP contribution >= 0.6 is 21.6 Å². The number of carbonyl (C=O) groups excluding carboxylic acids is 2. The fourth-order valence-electron chi connectivity index (χ4n) is 2.55. The maximum absolute atomic E-state index is 12.6. The summed E-state index contributed by atoms with van der Waals surface area (Å²) in [6.07, 6.45) is 2.40. The molecule has 0 radical (unpaired) electrons. The highest BCUT2D eigenvalue weighted by Crippen LogP contribution is 2.32. The summed E-state index contributed by atoms with van der Waals surface area (Å²) in [6, 6.07) is 0. The van der Waals surface area contributed by atoms with Crippen molar-refractivity contribution < 1.29 is 24.2 Å². The van der Waals surface area contributed by atoms with E-state index in [2.05, 4.69) is 5.32 Å². The average Bonchev–Trinajstić information content (AvgIpc) is 2.59. The van der Waals surface area contributed by atoms with E-state index >= 15 is 0 Å². The lowest BCUT2D eigenvalue weighted by Gasteiger charge is -2.34. The molecule has 7 nitrogen and oxygen atoms in total. The number of amides is 2. The van der Waals surface area contributed by atoms with Crippen molar-refractivity contribution in [1.82, 2.24) is 10.2 Å². The minimum Gasteiger partial charge on any atom is -0.481 e. The average molecular weight is 433 g/mol. The van der Waals surface area contributed by atoms with Crippen LogP contribution in [0, 0.1) is 5.41 Å². The molecule has 0 atom stereocenters. The summed E-state index contributed by atoms with van der Waals surface area (Å²) in [6.45, 7) is 10.8. The Labute approximate surface area is 175 Å². The van der Waals surface area contributed by atoms with Gasteiger partial charge in [0.1, 0.15) is 5.60 Å². The Kier molecular flexibility index (Phi) is 9.69. The van der Waals surface area contributed by atoms with Gasteiger partial charge in [-0.1, -0.05) is 33.2 Å². The van der Waals surface area contributed by atoms with Gasteiger partial charge in [0.15, 0.2) is 0 Å². The highest BCUT2D eigenvalue weighted by Gasteiger charge is 2.34. The van der Waals surface area contributed by atoms with Gasteiger partial charge in [-0.2, -0.15) is 0 Å². The lowest BCUT2D eigenvalue weighted by molar-refractivity contribution is -0.136. The third kappa shape index (κ3) is 8.77. The first kappa shape index (κ1) is 24.7. The fraction of sp³-hybridized carbons (Fsp3) is 0.737. The van der Waals surface area contributed by atoms with E-state index in [1.54, 1.807) is 15.7 Å². The summed E-state index contributed by atoms with van der Waals surface area (Å²) in [7, 11) is 3.06. The van der Waals surface area contributed by atoms with Crippen molar-refractivity contribution in [3.05, 3.63) is 11.6 Å². The molecule has 0 aromatic heterocycles. The van der Waals surface area contributed by atoms with Crippen molar-refractivity contribution in [2.45, 2.75) is 53.1 Å². The second-order valence-electron chi connectivity index (χ2n) is 8.07. The lowest BCUT2D eigenvalue weighted by atomic mass is 9.80. The number of aliphatic carboxylic acids is 1. The standard InChI is InChI=1S/C19H32N2O5S2/c1-18(2,3)26-17(25)21-10-6-14(7-11-21)19(4,5)16(24)20-9-13-28-27-12-8-15(22)23/h6H,7-13H2,1-5H3,(H,20,24)(H,22,23). The second-order valence-corrected chi connectivity index (χ2v) is 10.8. The minimum atomic E-state index is -0.797. The van der Waals surface area contributed by atoms with Gasteiger partial charge >= 0.3 is 12.1 Å². The molecule has 0 aliphatic carbocycles. The van der Waals surface area contributed by atoms with Gasteiger partial charge < -0.3 is 20.1 Å². The van der Waals surface area contributed by atoms with Crippen molar-refractivity contribution in [3.63, 3.8) is 0 Å². The van der Waals surface area contributed by atoms with Crippen molar-refractivity contribution >= 4 is 39.6 Å². The summed E-state index contributed by atoms with van der Waals surface area (Å²) in [5, 5.41) is 11.5. The Morgan fingerprint density at radius 2 is 1.82 bits per heavy atom. The zero-order chi connectivity index (χ0) is 21.4. The van der Waals surface area contributed by atoms with E-state index in [0.29, 0.717) is 31.8 Å². The number of carboxylic acids is 1. The Balaban J connectivity index is 2.42. The smallest absolute Gasteiger partial charge is 0.410 e. The monoisotopic (exact) mass is 432 g/mol. The maximum Gasteiger partial charge on any atom is 0.410 e. The molecule has 0 aromatic carbocycles. The number of rotatable bonds is 9. The van der Waals surface area contributed by atoms with Gasteiger partial charge in [-0.25, -0.2) is 4.79 Å². The van der Waals surface area contributed by atoms with Crippen molar-refractivity contribution in [1.29, 1.82) is 0 Å². The van der Waals surface area contributed by atoms with Crippen LogP contribution in [0.15, 0.2) is 11.6 Å². The number of carbonyl (C=O) groups is 3. The van der Waals surface area contributed by atoms with Gasteiger partial charge in [-0.05, 0) is 41.0 Å². The Morgan fingerprint density at radius 3 is 2.36 bits per heavy atom. The first-order valence-corrected chi connectivity index (χ1v) is 11.8. The predicted octanol–water partition coefficient (Wildman–Crippen LogP) is 3.55. The van der Waals surface area contributed by atoms with E-state index in [1.807, 2.05) is 40.7 Å². The highest BCUT2D eigenvalue weighted by atomic mass is 33.1. The molecule has 0 spiro atoms. The first-order valence-electron chi connectivity index (χ1n) is 9.35. The Bertz CT molecular complexity index is 600. The number of hydrogen-bond acceptors (Lipinski definition) is 6. The normalized spacial score (nSPS) is 15.0. The van der Waals surface area contributed by atoms with E-state index < -0.39 is 17.0 Å². The van der Waals surface area contributed by atoms with Crippen molar-refractivity contribution in [2.75, 3.05) is 31.1 Å². The van der Waals surface area contributed by atoms with Crippen LogP contribution in [0.25, 0.3) is 0 Å². The van der Waals surface area contributed by atoms with Gasteiger partial charge in [-0.15, -0.1) is 0 Å². The second kappa shape index (κ2) is 11.0. The molecule has 0 saturated carbocycles. The molecule has 0 fully saturated rings. The topological polar surface area (TPSA) is 95.9 Å². The lowest BCUT2D eigenvalue weighted by Crippen LogP contribution is -2.44. The zero-order valence-corrected chi connectivity index (χ0v) is 19.0. The van der Waals surface area contributed by atoms with Crippen molar-refractivity contribution in [2.24, 2.45) is 5.41 Å². The fourth-order valence-corrected chi connectivity index (χ4v) is 4.44. The molecule has 0 aromatic rings. The van der Waals surface area contributed by atoms with E-state index in [-0.39, 0.29) is 18.4 Å². The molecule has 0 saturated heterocycles. The number of ether oxygens (including phenoxy) is 1. The van der Waals surface area contributed by atoms with Gasteiger partial charge in [-0.3, -0.25) is 9.59 Å². The van der Waals surface area contributed by atoms with E-state index in [4.69, 9.17) is 9.84 Å². The largest absolute Gasteiger partial charge is 0.481 e. The van der Waals surface area contributed by atoms with Crippen LogP contribution in [0.5, 0.6) is 0 Å². The quantitative estimate of drug-likeness (QED) is 0.327. The Hall–Kier alpha value is -1.35. The minimum absolute atomic E-state index is 0.0411. The van der Waals surface area contributed by atoms with Crippen molar-refractivity contribution in [3.8, 4) is 0 Å². The molecule has 0 unspecified atom stereocenters. The highest BCUT2D eigenvalue weighted by molar-refractivity contribution is 8.76. The van der Waals surface area contributed by atoms with Crippen LogP contribution in [0.1, 0.15) is 47.5 Å². The van der Waals surface area contributed by atoms with Crippen LogP contribution in [0.4, 0.5) is 4.79 Å². The van der Waals surface area contributed by atoms with Gasteiger partial charge in [0.05, 0.1) is 11.8 Å². The predicted molar refractivity (Wildman–Crippen MR) is 114 cm³/mol. The maximum atomic E-state index is 12.6. The molecule has 2 amide bonds. The third-order valence-electron chi connectivity index (χ3n) is 4.18. The first-order chi connectivity index (χ1) is 12.9. The molecule has 1 aliphatic heterocycles. The molecule has 0 bridgehead atoms. The molecule has 160 valence electrons. The van der Waals surface area contributed by atoms with Crippen LogP contribution in [-0.2, 0) is 14.3 Å². The van der Waals surface area contributed by atoms with E-state index in [0.717, 1.165) is 11.3 Å². The van der Waals surface area contributed by atoms with Crippen LogP contribution in [-0.4, -0.2) is 64.7 Å². The SMILES string of the molecule is CC(C)(C)OC(=O)N1CC=C(C(C)(C)C(=O)NCCSSCCC(=O)O)CC1. The molecule has 9 heteroatoms. The summed E-state index contributed by atoms with van der Waals surface area (Å²) >= 11 is 0. The molecular formula is C19H32N2O5S2. The number of hydrogen-bond donors (Lipinski definition) is 2. The Morgan fingerprint density at radius 1 is 1.18 bits per heavy atom. The number of nitrogens with one attached hydrogen (secondary N) is 1. The van der Waals surface area contributed by atoms with Gasteiger partial charge in [0.25, 0.3) is 0 Å². The summed E-state index contributed by atoms with van der Waals surface area (Å²) < 4.78 is 5.39. The van der Waals surface area contributed by atoms with Gasteiger partial charge in [0.2, 0.25) is 5.91 Å². The molecule has 1 aliphatic rings. The van der Waals surface area contributed by atoms with Gasteiger partial charge in [0, 0.05) is 31.1 Å². The van der Waals surface area contributed by atoms with E-state index in [9.17, 15) is 14.4 Å². The zero-order valence-electron chi connectivity index (χ0n) is 17.4. The van der Waals surface area contributed by atoms with Crippen LogP contribution in [0.2, 0.25) is 0 Å². The van der Waals surface area contributed by atoms with E-state index in [1.165, 1.54) is 10.8 Å². The summed E-state index contributed by atoms with van der Waals surface area (Å²) in [5.41, 5.74) is -0.140. The summed E-state index contributed by atoms with van der Waals surface area (Å²) in [5.74, 6) is 0.438. The van der Waals surface area contributed by atoms with Crippen LogP contribution < -0.4 is 5.32 Å². The molecule has 1 rings (SSSR count). The molecule has 2 N–H and O–H groups in total. The number of nitrogens with zero attached hydrogens (tertiary/aromatic N) is 1. The molecule has 28 heavy (non-hydrogen) atoms. The number of carboxylic acid groups (broad SMARTS) is 1.